The molecule has 34 heavy (non-hydrogen) atoms. The van der Waals surface area contributed by atoms with E-state index in [0.29, 0.717) is 16.8 Å². The van der Waals surface area contributed by atoms with Crippen LogP contribution in [0.15, 0.2) is 91.1 Å². The molecular weight excluding hydrogens is 443 g/mol. The third-order valence-electron chi connectivity index (χ3n) is 5.22. The molecule has 0 unspecified atom stereocenters. The van der Waals surface area contributed by atoms with Crippen LogP contribution in [0, 0.1) is 0 Å². The molecule has 4 aromatic rings. The summed E-state index contributed by atoms with van der Waals surface area (Å²) in [6, 6.07) is 23.2. The molecule has 4 rings (SSSR count). The molecule has 0 aliphatic rings. The number of rotatable bonds is 7. The molecule has 172 valence electrons. The average Bonchev–Trinajstić information content (AvgIpc) is 2.83. The van der Waals surface area contributed by atoms with Crippen LogP contribution in [-0.2, 0) is 24.0 Å². The zero-order valence-corrected chi connectivity index (χ0v) is 17.9. The molecule has 0 saturated heterocycles. The van der Waals surface area contributed by atoms with Gasteiger partial charge >= 0.3 is 12.1 Å². The molecule has 1 N–H and O–H groups in total. The maximum absolute atomic E-state index is 13.7. The van der Waals surface area contributed by atoms with Crippen LogP contribution < -0.4 is 4.74 Å². The fourth-order valence-electron chi connectivity index (χ4n) is 3.53. The molecule has 0 fully saturated rings. The standard InChI is InChI=1S/C27H20F3NO3/c28-27(29,30)24-15-22(11-12-23(24)20-4-2-1-3-5-20)34-17-18-6-9-21(10-7-18)25-13-8-19(16-31-25)14-26(32)33/h1-13,15-16H,14,17H2,(H,32,33). The number of halogens is 3. The first-order valence-corrected chi connectivity index (χ1v) is 10.4. The van der Waals surface area contributed by atoms with Crippen LogP contribution in [0.25, 0.3) is 22.4 Å². The van der Waals surface area contributed by atoms with Crippen LogP contribution in [0.5, 0.6) is 5.75 Å². The Bertz CT molecular complexity index is 1270. The second-order valence-electron chi connectivity index (χ2n) is 7.68. The number of pyridine rings is 1. The SMILES string of the molecule is O=C(O)Cc1ccc(-c2ccc(COc3ccc(-c4ccccc4)c(C(F)(F)F)c3)cc2)nc1. The Labute approximate surface area is 194 Å². The van der Waals surface area contributed by atoms with Gasteiger partial charge in [0.1, 0.15) is 12.4 Å². The molecule has 0 aliphatic carbocycles. The average molecular weight is 463 g/mol. The normalized spacial score (nSPS) is 11.3. The van der Waals surface area contributed by atoms with Gasteiger partial charge in [-0.3, -0.25) is 9.78 Å². The number of hydrogen-bond donors (Lipinski definition) is 1. The van der Waals surface area contributed by atoms with E-state index in [1.54, 1.807) is 42.5 Å². The lowest BCUT2D eigenvalue weighted by molar-refractivity contribution is -0.137. The molecule has 0 radical (unpaired) electrons. The van der Waals surface area contributed by atoms with Crippen molar-refractivity contribution in [1.29, 1.82) is 0 Å². The van der Waals surface area contributed by atoms with E-state index in [1.807, 2.05) is 24.3 Å². The molecule has 7 heteroatoms. The van der Waals surface area contributed by atoms with Crippen molar-refractivity contribution in [1.82, 2.24) is 4.98 Å². The molecule has 0 atom stereocenters. The molecule has 0 saturated carbocycles. The van der Waals surface area contributed by atoms with Gasteiger partial charge in [0.15, 0.2) is 0 Å². The number of nitrogens with zero attached hydrogens (tertiary/aromatic N) is 1. The molecule has 0 bridgehead atoms. The van der Waals surface area contributed by atoms with E-state index < -0.39 is 17.7 Å². The number of ether oxygens (including phenoxy) is 1. The van der Waals surface area contributed by atoms with E-state index in [0.717, 1.165) is 17.2 Å². The van der Waals surface area contributed by atoms with Crippen molar-refractivity contribution in [2.75, 3.05) is 0 Å². The summed E-state index contributed by atoms with van der Waals surface area (Å²) in [7, 11) is 0. The largest absolute Gasteiger partial charge is 0.489 e. The summed E-state index contributed by atoms with van der Waals surface area (Å²) in [6.45, 7) is 0.104. The number of benzene rings is 3. The lowest BCUT2D eigenvalue weighted by Crippen LogP contribution is -2.08. The zero-order valence-electron chi connectivity index (χ0n) is 17.9. The predicted octanol–water partition coefficient (Wildman–Crippen LogP) is 6.64. The number of carboxylic acid groups (broad SMARTS) is 1. The van der Waals surface area contributed by atoms with Gasteiger partial charge in [0.25, 0.3) is 0 Å². The van der Waals surface area contributed by atoms with Crippen molar-refractivity contribution >= 4 is 5.97 Å². The number of carboxylic acids is 1. The van der Waals surface area contributed by atoms with E-state index in [2.05, 4.69) is 4.98 Å². The van der Waals surface area contributed by atoms with Crippen molar-refractivity contribution in [2.45, 2.75) is 19.2 Å². The van der Waals surface area contributed by atoms with E-state index >= 15 is 0 Å². The lowest BCUT2D eigenvalue weighted by atomic mass is 9.99. The van der Waals surface area contributed by atoms with Crippen LogP contribution in [0.3, 0.4) is 0 Å². The van der Waals surface area contributed by atoms with Gasteiger partial charge < -0.3 is 9.84 Å². The minimum atomic E-state index is -4.51. The van der Waals surface area contributed by atoms with Crippen molar-refractivity contribution < 1.29 is 27.8 Å². The maximum Gasteiger partial charge on any atom is 0.417 e. The summed E-state index contributed by atoms with van der Waals surface area (Å²) < 4.78 is 46.7. The summed E-state index contributed by atoms with van der Waals surface area (Å²) in [5.74, 6) is -0.789. The van der Waals surface area contributed by atoms with Gasteiger partial charge in [-0.05, 0) is 40.5 Å². The smallest absolute Gasteiger partial charge is 0.417 e. The van der Waals surface area contributed by atoms with Crippen molar-refractivity contribution in [3.8, 4) is 28.1 Å². The van der Waals surface area contributed by atoms with Crippen LogP contribution in [0.2, 0.25) is 0 Å². The summed E-state index contributed by atoms with van der Waals surface area (Å²) in [4.78, 5) is 15.1. The molecule has 1 heterocycles. The third-order valence-corrected chi connectivity index (χ3v) is 5.22. The Morgan fingerprint density at radius 3 is 2.18 bits per heavy atom. The third kappa shape index (κ3) is 5.61. The monoisotopic (exact) mass is 463 g/mol. The van der Waals surface area contributed by atoms with Gasteiger partial charge in [-0.15, -0.1) is 0 Å². The Morgan fingerprint density at radius 2 is 1.56 bits per heavy atom. The number of aliphatic carboxylic acids is 1. The van der Waals surface area contributed by atoms with Crippen LogP contribution in [0.1, 0.15) is 16.7 Å². The van der Waals surface area contributed by atoms with Gasteiger partial charge in [-0.25, -0.2) is 0 Å². The highest BCUT2D eigenvalue weighted by molar-refractivity contribution is 5.70. The van der Waals surface area contributed by atoms with E-state index in [-0.39, 0.29) is 24.3 Å². The summed E-state index contributed by atoms with van der Waals surface area (Å²) in [6.07, 6.45) is -3.08. The quantitative estimate of drug-likeness (QED) is 0.334. The van der Waals surface area contributed by atoms with E-state index in [9.17, 15) is 18.0 Å². The van der Waals surface area contributed by atoms with Gasteiger partial charge in [0, 0.05) is 11.8 Å². The highest BCUT2D eigenvalue weighted by Crippen LogP contribution is 2.39. The van der Waals surface area contributed by atoms with Gasteiger partial charge in [0.05, 0.1) is 17.7 Å². The molecule has 0 amide bonds. The number of carbonyl (C=O) groups is 1. The topological polar surface area (TPSA) is 59.4 Å². The van der Waals surface area contributed by atoms with Crippen LogP contribution in [-0.4, -0.2) is 16.1 Å². The number of hydrogen-bond acceptors (Lipinski definition) is 3. The van der Waals surface area contributed by atoms with Gasteiger partial charge in [-0.1, -0.05) is 66.7 Å². The fourth-order valence-corrected chi connectivity index (χ4v) is 3.53. The minimum Gasteiger partial charge on any atom is -0.489 e. The zero-order chi connectivity index (χ0) is 24.1. The maximum atomic E-state index is 13.7. The molecule has 4 nitrogen and oxygen atoms in total. The Hall–Kier alpha value is -4.13. The number of aromatic nitrogens is 1. The summed E-state index contributed by atoms with van der Waals surface area (Å²) in [5.41, 5.74) is 2.76. The van der Waals surface area contributed by atoms with Crippen molar-refractivity contribution in [2.24, 2.45) is 0 Å². The minimum absolute atomic E-state index is 0.0913. The molecule has 1 aromatic heterocycles. The molecular formula is C27H20F3NO3. The van der Waals surface area contributed by atoms with Gasteiger partial charge in [-0.2, -0.15) is 13.2 Å². The first-order valence-electron chi connectivity index (χ1n) is 10.4. The molecule has 0 spiro atoms. The second kappa shape index (κ2) is 9.79. The van der Waals surface area contributed by atoms with Gasteiger partial charge in [0.2, 0.25) is 0 Å². The lowest BCUT2D eigenvalue weighted by Gasteiger charge is -2.15. The van der Waals surface area contributed by atoms with E-state index in [1.165, 1.54) is 18.3 Å². The first kappa shape index (κ1) is 23.0. The summed E-state index contributed by atoms with van der Waals surface area (Å²) >= 11 is 0. The fraction of sp³-hybridized carbons (Fsp3) is 0.111. The highest BCUT2D eigenvalue weighted by atomic mass is 19.4. The van der Waals surface area contributed by atoms with Crippen LogP contribution >= 0.6 is 0 Å². The Kier molecular flexibility index (Phi) is 6.63. The second-order valence-corrected chi connectivity index (χ2v) is 7.68. The van der Waals surface area contributed by atoms with Crippen molar-refractivity contribution in [3.63, 3.8) is 0 Å². The highest BCUT2D eigenvalue weighted by Gasteiger charge is 2.34. The molecule has 0 aliphatic heterocycles. The summed E-state index contributed by atoms with van der Waals surface area (Å²) in [5, 5.41) is 8.84. The Balaban J connectivity index is 1.47. The van der Waals surface area contributed by atoms with Crippen LogP contribution in [0.4, 0.5) is 13.2 Å². The molecule has 3 aromatic carbocycles. The predicted molar refractivity (Wildman–Crippen MR) is 122 cm³/mol. The van der Waals surface area contributed by atoms with Crippen molar-refractivity contribution in [3.05, 3.63) is 108 Å². The number of alkyl halides is 3. The Morgan fingerprint density at radius 1 is 0.853 bits per heavy atom. The first-order chi connectivity index (χ1) is 16.3. The van der Waals surface area contributed by atoms with E-state index in [4.69, 9.17) is 9.84 Å².